The summed E-state index contributed by atoms with van der Waals surface area (Å²) in [6, 6.07) is 5.84. The van der Waals surface area contributed by atoms with Gasteiger partial charge in [0.2, 0.25) is 0 Å². The van der Waals surface area contributed by atoms with Crippen molar-refractivity contribution >= 4 is 29.2 Å². The van der Waals surface area contributed by atoms with Crippen LogP contribution >= 0.6 is 23.2 Å². The number of nitrogens with zero attached hydrogens (tertiary/aromatic N) is 1. The predicted molar refractivity (Wildman–Crippen MR) is 84.1 cm³/mol. The molecule has 114 valence electrons. The Hall–Kier alpha value is -0.770. The highest BCUT2D eigenvalue weighted by molar-refractivity contribution is 6.35. The monoisotopic (exact) mass is 327 g/mol. The minimum absolute atomic E-state index is 0.342. The largest absolute Gasteiger partial charge is 0.456 e. The van der Waals surface area contributed by atoms with Crippen LogP contribution in [0.3, 0.4) is 0 Å². The zero-order valence-corrected chi connectivity index (χ0v) is 13.7. The Morgan fingerprint density at radius 1 is 1.19 bits per heavy atom. The minimum Gasteiger partial charge on any atom is -0.456 e. The van der Waals surface area contributed by atoms with E-state index in [0.29, 0.717) is 27.7 Å². The molecule has 3 rings (SSSR count). The smallest absolute Gasteiger partial charge is 0.338 e. The van der Waals surface area contributed by atoms with Crippen LogP contribution in [0.4, 0.5) is 0 Å². The summed E-state index contributed by atoms with van der Waals surface area (Å²) in [6.45, 7) is 2.04. The van der Waals surface area contributed by atoms with Crippen molar-refractivity contribution in [3.63, 3.8) is 0 Å². The van der Waals surface area contributed by atoms with Gasteiger partial charge in [-0.1, -0.05) is 23.2 Å². The molecule has 0 aromatic heterocycles. The topological polar surface area (TPSA) is 29.5 Å². The molecular formula is C16H19Cl2NO2. The summed E-state index contributed by atoms with van der Waals surface area (Å²) in [5.41, 5.74) is 0.0181. The lowest BCUT2D eigenvalue weighted by Gasteiger charge is -2.42. The second kappa shape index (κ2) is 5.45. The molecule has 2 heterocycles. The Morgan fingerprint density at radius 3 is 2.24 bits per heavy atom. The number of hydrogen-bond acceptors (Lipinski definition) is 3. The molecule has 0 amide bonds. The molecule has 2 aliphatic rings. The zero-order chi connectivity index (χ0) is 15.2. The summed E-state index contributed by atoms with van der Waals surface area (Å²) in [5, 5.41) is 0.895. The second-order valence-corrected chi connectivity index (χ2v) is 7.33. The highest BCUT2D eigenvalue weighted by Gasteiger charge is 2.46. The standard InChI is InChI=1S/C16H19Cl2NO2/c1-16(8-13-3-4-14(9-16)19(13)2)21-15(20)10-5-11(17)7-12(18)6-10/h5-7,13-14H,3-4,8-9H2,1-2H3/t13-,14+,16?. The van der Waals surface area contributed by atoms with Crippen LogP contribution in [0.25, 0.3) is 0 Å². The van der Waals surface area contributed by atoms with Crippen molar-refractivity contribution in [3.8, 4) is 0 Å². The summed E-state index contributed by atoms with van der Waals surface area (Å²) in [5.74, 6) is -0.342. The molecule has 0 spiro atoms. The van der Waals surface area contributed by atoms with Gasteiger partial charge in [0.1, 0.15) is 5.60 Å². The molecule has 1 aromatic rings. The molecule has 5 heteroatoms. The van der Waals surface area contributed by atoms with E-state index in [0.717, 1.165) is 12.8 Å². The van der Waals surface area contributed by atoms with E-state index in [2.05, 4.69) is 11.9 Å². The Balaban J connectivity index is 1.75. The third-order valence-corrected chi connectivity index (χ3v) is 5.19. The molecule has 0 radical (unpaired) electrons. The van der Waals surface area contributed by atoms with Gasteiger partial charge >= 0.3 is 5.97 Å². The Bertz CT molecular complexity index is 541. The molecule has 1 unspecified atom stereocenters. The van der Waals surface area contributed by atoms with Gasteiger partial charge in [0, 0.05) is 35.0 Å². The number of halogens is 2. The fraction of sp³-hybridized carbons (Fsp3) is 0.562. The van der Waals surface area contributed by atoms with Gasteiger partial charge in [-0.15, -0.1) is 0 Å². The van der Waals surface area contributed by atoms with Crippen LogP contribution in [0.1, 0.15) is 43.0 Å². The van der Waals surface area contributed by atoms with E-state index in [-0.39, 0.29) is 5.97 Å². The summed E-state index contributed by atoms with van der Waals surface area (Å²) in [7, 11) is 2.17. The average molecular weight is 328 g/mol. The molecule has 2 fully saturated rings. The molecule has 0 saturated carbocycles. The Morgan fingerprint density at radius 2 is 1.71 bits per heavy atom. The maximum atomic E-state index is 12.4. The SMILES string of the molecule is CN1[C@@H]2CC[C@H]1CC(C)(OC(=O)c1cc(Cl)cc(Cl)c1)C2. The molecule has 0 N–H and O–H groups in total. The van der Waals surface area contributed by atoms with Gasteiger partial charge in [-0.2, -0.15) is 0 Å². The number of fused-ring (bicyclic) bond motifs is 2. The van der Waals surface area contributed by atoms with E-state index >= 15 is 0 Å². The predicted octanol–water partition coefficient (Wildman–Crippen LogP) is 4.17. The molecule has 1 aromatic carbocycles. The van der Waals surface area contributed by atoms with Crippen molar-refractivity contribution in [1.82, 2.24) is 4.90 Å². The third-order valence-electron chi connectivity index (χ3n) is 4.76. The van der Waals surface area contributed by atoms with Crippen LogP contribution in [0, 0.1) is 0 Å². The summed E-state index contributed by atoms with van der Waals surface area (Å²) < 4.78 is 5.82. The number of ether oxygens (including phenoxy) is 1. The van der Waals surface area contributed by atoms with Crippen LogP contribution in [0.2, 0.25) is 10.0 Å². The lowest BCUT2D eigenvalue weighted by molar-refractivity contribution is -0.0556. The van der Waals surface area contributed by atoms with Crippen LogP contribution in [0.5, 0.6) is 0 Å². The maximum absolute atomic E-state index is 12.4. The van der Waals surface area contributed by atoms with E-state index in [1.54, 1.807) is 18.2 Å². The van der Waals surface area contributed by atoms with Crippen molar-refractivity contribution in [2.24, 2.45) is 0 Å². The molecule has 3 atom stereocenters. The second-order valence-electron chi connectivity index (χ2n) is 6.46. The van der Waals surface area contributed by atoms with Crippen molar-refractivity contribution in [1.29, 1.82) is 0 Å². The van der Waals surface area contributed by atoms with Crippen LogP contribution in [0.15, 0.2) is 18.2 Å². The Kier molecular flexibility index (Phi) is 3.93. The van der Waals surface area contributed by atoms with Gasteiger partial charge in [0.25, 0.3) is 0 Å². The fourth-order valence-corrected chi connectivity index (χ4v) is 4.23. The molecular weight excluding hydrogens is 309 g/mol. The highest BCUT2D eigenvalue weighted by Crippen LogP contribution is 2.41. The first-order valence-corrected chi connectivity index (χ1v) is 8.03. The van der Waals surface area contributed by atoms with Gasteiger partial charge in [0.15, 0.2) is 0 Å². The van der Waals surface area contributed by atoms with Crippen LogP contribution in [-0.2, 0) is 4.74 Å². The molecule has 2 saturated heterocycles. The first-order valence-electron chi connectivity index (χ1n) is 7.28. The number of hydrogen-bond donors (Lipinski definition) is 0. The highest BCUT2D eigenvalue weighted by atomic mass is 35.5. The molecule has 2 aliphatic heterocycles. The van der Waals surface area contributed by atoms with E-state index in [9.17, 15) is 4.79 Å². The number of esters is 1. The van der Waals surface area contributed by atoms with Crippen molar-refractivity contribution in [3.05, 3.63) is 33.8 Å². The fourth-order valence-electron chi connectivity index (χ4n) is 3.70. The zero-order valence-electron chi connectivity index (χ0n) is 12.2. The lowest BCUT2D eigenvalue weighted by atomic mass is 9.88. The third kappa shape index (κ3) is 3.05. The van der Waals surface area contributed by atoms with Crippen molar-refractivity contribution in [2.75, 3.05) is 7.05 Å². The first kappa shape index (κ1) is 15.1. The number of carbonyl (C=O) groups is 1. The minimum atomic E-state index is -0.399. The summed E-state index contributed by atoms with van der Waals surface area (Å²) in [6.07, 6.45) is 4.16. The summed E-state index contributed by atoms with van der Waals surface area (Å²) >= 11 is 11.9. The van der Waals surface area contributed by atoms with Gasteiger partial charge in [-0.05, 0) is 45.0 Å². The maximum Gasteiger partial charge on any atom is 0.338 e. The molecule has 0 aliphatic carbocycles. The first-order chi connectivity index (χ1) is 9.86. The van der Waals surface area contributed by atoms with E-state index in [4.69, 9.17) is 27.9 Å². The number of carbonyl (C=O) groups excluding carboxylic acids is 1. The van der Waals surface area contributed by atoms with Crippen molar-refractivity contribution < 1.29 is 9.53 Å². The average Bonchev–Trinajstić information content (AvgIpc) is 2.60. The molecule has 21 heavy (non-hydrogen) atoms. The number of rotatable bonds is 2. The lowest BCUT2D eigenvalue weighted by Crippen LogP contribution is -2.49. The quantitative estimate of drug-likeness (QED) is 0.763. The number of benzene rings is 1. The van der Waals surface area contributed by atoms with Gasteiger partial charge in [0.05, 0.1) is 5.56 Å². The van der Waals surface area contributed by atoms with Gasteiger partial charge < -0.3 is 9.64 Å². The van der Waals surface area contributed by atoms with Crippen LogP contribution in [-0.4, -0.2) is 35.6 Å². The Labute approximate surface area is 135 Å². The van der Waals surface area contributed by atoms with E-state index < -0.39 is 5.60 Å². The molecule has 3 nitrogen and oxygen atoms in total. The van der Waals surface area contributed by atoms with Gasteiger partial charge in [-0.25, -0.2) is 4.79 Å². The van der Waals surface area contributed by atoms with E-state index in [1.165, 1.54) is 12.8 Å². The van der Waals surface area contributed by atoms with Crippen molar-refractivity contribution in [2.45, 2.75) is 50.3 Å². The van der Waals surface area contributed by atoms with Crippen LogP contribution < -0.4 is 0 Å². The molecule has 2 bridgehead atoms. The summed E-state index contributed by atoms with van der Waals surface area (Å²) in [4.78, 5) is 14.8. The van der Waals surface area contributed by atoms with E-state index in [1.807, 2.05) is 6.92 Å². The number of piperidine rings is 1. The normalized spacial score (nSPS) is 32.2. The van der Waals surface area contributed by atoms with Gasteiger partial charge in [-0.3, -0.25) is 0 Å².